The molecule has 0 unspecified atom stereocenters. The molecule has 26 heavy (non-hydrogen) atoms. The summed E-state index contributed by atoms with van der Waals surface area (Å²) < 4.78 is 0. The topological polar surface area (TPSA) is 69.7 Å². The molecule has 3 rings (SSSR count). The van der Waals surface area contributed by atoms with Crippen LogP contribution in [0.5, 0.6) is 0 Å². The highest BCUT2D eigenvalue weighted by atomic mass is 32.2. The summed E-state index contributed by atoms with van der Waals surface area (Å²) in [5, 5.41) is 3.16. The summed E-state index contributed by atoms with van der Waals surface area (Å²) in [6.07, 6.45) is 2.04. The van der Waals surface area contributed by atoms with Gasteiger partial charge in [-0.15, -0.1) is 0 Å². The van der Waals surface area contributed by atoms with Crippen LogP contribution in [0.1, 0.15) is 35.7 Å². The highest BCUT2D eigenvalue weighted by Gasteiger charge is 2.30. The van der Waals surface area contributed by atoms with E-state index in [1.165, 1.54) is 4.90 Å². The molecule has 0 spiro atoms. The Balaban J connectivity index is 1.60. The van der Waals surface area contributed by atoms with Crippen LogP contribution in [-0.2, 0) is 11.3 Å². The molecule has 1 aromatic carbocycles. The van der Waals surface area contributed by atoms with Crippen molar-refractivity contribution in [2.75, 3.05) is 31.9 Å². The number of rotatable bonds is 6. The fraction of sp³-hybridized carbons (Fsp3) is 0.526. The molecule has 0 radical (unpaired) electrons. The third-order valence-corrected chi connectivity index (χ3v) is 5.80. The maximum Gasteiger partial charge on any atom is 0.289 e. The molecule has 2 aliphatic heterocycles. The van der Waals surface area contributed by atoms with Gasteiger partial charge in [-0.25, -0.2) is 0 Å². The summed E-state index contributed by atoms with van der Waals surface area (Å²) in [4.78, 5) is 39.5. The molecule has 3 amide bonds. The number of thioether (sulfide) groups is 1. The average molecular weight is 375 g/mol. The van der Waals surface area contributed by atoms with E-state index >= 15 is 0 Å². The number of hydrogen-bond acceptors (Lipinski definition) is 5. The van der Waals surface area contributed by atoms with Crippen molar-refractivity contribution in [3.63, 3.8) is 0 Å². The number of carbonyl (C=O) groups is 3. The molecular formula is C19H25N3O3S. The Bertz CT molecular complexity index is 670. The first-order chi connectivity index (χ1) is 12.6. The number of likely N-dealkylation sites (tertiary alicyclic amines) is 1. The van der Waals surface area contributed by atoms with Crippen LogP contribution < -0.4 is 5.32 Å². The third kappa shape index (κ3) is 4.45. The first kappa shape index (κ1) is 18.9. The van der Waals surface area contributed by atoms with Gasteiger partial charge in [-0.05, 0) is 49.5 Å². The lowest BCUT2D eigenvalue weighted by atomic mass is 9.96. The first-order valence-electron chi connectivity index (χ1n) is 9.14. The summed E-state index contributed by atoms with van der Waals surface area (Å²) in [5.41, 5.74) is 1.43. The molecule has 0 aromatic heterocycles. The standard InChI is InChI=1S/C19H25N3O3S/c1-2-20-11-14-6-8-21(9-7-14)18(24)16-5-3-4-15(10-16)12-22-17(23)13-26-19(22)25/h3-5,10,14,20H,2,6-9,11-13H2,1H3. The van der Waals surface area contributed by atoms with Gasteiger partial charge in [-0.3, -0.25) is 19.3 Å². The maximum absolute atomic E-state index is 12.8. The van der Waals surface area contributed by atoms with Crippen molar-refractivity contribution in [2.45, 2.75) is 26.3 Å². The third-order valence-electron chi connectivity index (χ3n) is 4.94. The molecule has 0 aliphatic carbocycles. The van der Waals surface area contributed by atoms with E-state index in [9.17, 15) is 14.4 Å². The van der Waals surface area contributed by atoms with Gasteiger partial charge in [0.1, 0.15) is 0 Å². The Morgan fingerprint density at radius 2 is 2.04 bits per heavy atom. The Labute approximate surface area is 158 Å². The molecule has 1 aromatic rings. The number of imide groups is 1. The number of nitrogens with one attached hydrogen (secondary N) is 1. The minimum atomic E-state index is -0.213. The smallest absolute Gasteiger partial charge is 0.289 e. The van der Waals surface area contributed by atoms with Gasteiger partial charge in [0.25, 0.3) is 11.1 Å². The minimum Gasteiger partial charge on any atom is -0.339 e. The van der Waals surface area contributed by atoms with Gasteiger partial charge >= 0.3 is 0 Å². The van der Waals surface area contributed by atoms with Crippen LogP contribution in [0, 0.1) is 5.92 Å². The second kappa shape index (κ2) is 8.68. The van der Waals surface area contributed by atoms with E-state index in [-0.39, 0.29) is 29.4 Å². The van der Waals surface area contributed by atoms with Crippen molar-refractivity contribution in [1.29, 1.82) is 0 Å². The Kier molecular flexibility index (Phi) is 6.32. The van der Waals surface area contributed by atoms with Gasteiger partial charge in [0.2, 0.25) is 5.91 Å². The number of benzene rings is 1. The first-order valence-corrected chi connectivity index (χ1v) is 10.1. The lowest BCUT2D eigenvalue weighted by Gasteiger charge is -2.32. The number of carbonyl (C=O) groups excluding carboxylic acids is 3. The fourth-order valence-corrected chi connectivity index (χ4v) is 4.12. The van der Waals surface area contributed by atoms with Gasteiger partial charge in [-0.2, -0.15) is 0 Å². The SMILES string of the molecule is CCNCC1CCN(C(=O)c2cccc(CN3C(=O)CSC3=O)c2)CC1. The van der Waals surface area contributed by atoms with Crippen LogP contribution in [0.15, 0.2) is 24.3 Å². The Morgan fingerprint density at radius 1 is 1.27 bits per heavy atom. The molecule has 0 bridgehead atoms. The molecule has 7 heteroatoms. The number of amides is 3. The van der Waals surface area contributed by atoms with Gasteiger partial charge < -0.3 is 10.2 Å². The molecule has 0 atom stereocenters. The van der Waals surface area contributed by atoms with Gasteiger partial charge in [0.15, 0.2) is 0 Å². The Hall–Kier alpha value is -1.86. The van der Waals surface area contributed by atoms with Crippen molar-refractivity contribution in [1.82, 2.24) is 15.1 Å². The van der Waals surface area contributed by atoms with Crippen molar-refractivity contribution < 1.29 is 14.4 Å². The number of nitrogens with zero attached hydrogens (tertiary/aromatic N) is 2. The molecular weight excluding hydrogens is 350 g/mol. The molecule has 2 aliphatic rings. The molecule has 0 saturated carbocycles. The number of hydrogen-bond donors (Lipinski definition) is 1. The molecule has 140 valence electrons. The van der Waals surface area contributed by atoms with E-state index < -0.39 is 0 Å². The van der Waals surface area contributed by atoms with Crippen LogP contribution in [0.3, 0.4) is 0 Å². The van der Waals surface area contributed by atoms with Gasteiger partial charge in [0, 0.05) is 18.7 Å². The van der Waals surface area contributed by atoms with E-state index in [0.717, 1.165) is 56.3 Å². The van der Waals surface area contributed by atoms with Crippen molar-refractivity contribution >= 4 is 28.8 Å². The zero-order valence-corrected chi connectivity index (χ0v) is 15.9. The number of piperidine rings is 1. The maximum atomic E-state index is 12.8. The highest BCUT2D eigenvalue weighted by Crippen LogP contribution is 2.23. The lowest BCUT2D eigenvalue weighted by molar-refractivity contribution is -0.125. The van der Waals surface area contributed by atoms with Crippen molar-refractivity contribution in [2.24, 2.45) is 5.92 Å². The monoisotopic (exact) mass is 375 g/mol. The van der Waals surface area contributed by atoms with E-state index in [2.05, 4.69) is 12.2 Å². The zero-order valence-electron chi connectivity index (χ0n) is 15.1. The van der Waals surface area contributed by atoms with Gasteiger partial charge in [0.05, 0.1) is 12.3 Å². The zero-order chi connectivity index (χ0) is 18.5. The van der Waals surface area contributed by atoms with Crippen LogP contribution in [0.2, 0.25) is 0 Å². The second-order valence-corrected chi connectivity index (χ2v) is 7.70. The summed E-state index contributed by atoms with van der Waals surface area (Å²) in [6, 6.07) is 7.27. The van der Waals surface area contributed by atoms with Crippen LogP contribution >= 0.6 is 11.8 Å². The summed E-state index contributed by atoms with van der Waals surface area (Å²) in [5.74, 6) is 0.705. The molecule has 1 N–H and O–H groups in total. The van der Waals surface area contributed by atoms with E-state index in [4.69, 9.17) is 0 Å². The lowest BCUT2D eigenvalue weighted by Crippen LogP contribution is -2.40. The van der Waals surface area contributed by atoms with Crippen LogP contribution in [0.25, 0.3) is 0 Å². The van der Waals surface area contributed by atoms with E-state index in [0.29, 0.717) is 11.5 Å². The summed E-state index contributed by atoms with van der Waals surface area (Å²) >= 11 is 1.03. The normalized spacial score (nSPS) is 18.7. The van der Waals surface area contributed by atoms with Crippen molar-refractivity contribution in [3.05, 3.63) is 35.4 Å². The van der Waals surface area contributed by atoms with Crippen LogP contribution in [-0.4, -0.2) is 58.8 Å². The van der Waals surface area contributed by atoms with Crippen LogP contribution in [0.4, 0.5) is 4.79 Å². The second-order valence-electron chi connectivity index (χ2n) is 6.78. The van der Waals surface area contributed by atoms with Crippen molar-refractivity contribution in [3.8, 4) is 0 Å². The fourth-order valence-electron chi connectivity index (χ4n) is 3.39. The summed E-state index contributed by atoms with van der Waals surface area (Å²) in [7, 11) is 0. The average Bonchev–Trinajstić information content (AvgIpc) is 2.98. The predicted octanol–water partition coefficient (Wildman–Crippen LogP) is 2.34. The van der Waals surface area contributed by atoms with E-state index in [1.807, 2.05) is 17.0 Å². The largest absolute Gasteiger partial charge is 0.339 e. The highest BCUT2D eigenvalue weighted by molar-refractivity contribution is 8.14. The van der Waals surface area contributed by atoms with Gasteiger partial charge in [-0.1, -0.05) is 30.8 Å². The summed E-state index contributed by atoms with van der Waals surface area (Å²) in [6.45, 7) is 5.89. The Morgan fingerprint density at radius 3 is 2.69 bits per heavy atom. The molecule has 2 saturated heterocycles. The minimum absolute atomic E-state index is 0.0298. The predicted molar refractivity (Wildman–Crippen MR) is 102 cm³/mol. The molecule has 2 heterocycles. The molecule has 6 nitrogen and oxygen atoms in total. The van der Waals surface area contributed by atoms with E-state index in [1.54, 1.807) is 12.1 Å². The molecule has 2 fully saturated rings. The quantitative estimate of drug-likeness (QED) is 0.826.